The number of nitrogens with zero attached hydrogens (tertiary/aromatic N) is 1. The zero-order chi connectivity index (χ0) is 19.5. The van der Waals surface area contributed by atoms with Gasteiger partial charge in [0, 0.05) is 25.3 Å². The number of benzene rings is 2. The molecule has 0 atom stereocenters. The lowest BCUT2D eigenvalue weighted by Gasteiger charge is -2.13. The van der Waals surface area contributed by atoms with Crippen molar-refractivity contribution in [2.24, 2.45) is 0 Å². The van der Waals surface area contributed by atoms with Crippen molar-refractivity contribution >= 4 is 27.6 Å². The molecule has 0 aliphatic carbocycles. The summed E-state index contributed by atoms with van der Waals surface area (Å²) in [7, 11) is 0.243. The van der Waals surface area contributed by atoms with Gasteiger partial charge in [-0.2, -0.15) is 0 Å². The Balaban J connectivity index is 2.37. The predicted octanol–water partition coefficient (Wildman–Crippen LogP) is 1.68. The molecule has 0 aromatic heterocycles. The molecule has 26 heavy (non-hydrogen) atoms. The third-order valence-electron chi connectivity index (χ3n) is 3.45. The molecule has 0 spiro atoms. The fourth-order valence-electron chi connectivity index (χ4n) is 2.14. The molecule has 0 radical (unpaired) electrons. The zero-order valence-corrected chi connectivity index (χ0v) is 15.2. The van der Waals surface area contributed by atoms with Crippen LogP contribution in [-0.2, 0) is 14.8 Å². The topological polar surface area (TPSA) is 113 Å². The number of ether oxygens (including phenoxy) is 1. The van der Waals surface area contributed by atoms with Gasteiger partial charge in [0.05, 0.1) is 12.0 Å². The summed E-state index contributed by atoms with van der Waals surface area (Å²) in [4.78, 5) is 24.7. The Labute approximate surface area is 151 Å². The van der Waals surface area contributed by atoms with Crippen LogP contribution in [-0.4, -0.2) is 51.5 Å². The van der Waals surface area contributed by atoms with Gasteiger partial charge in [0.25, 0.3) is 15.9 Å². The number of hydrogen-bond donors (Lipinski definition) is 2. The maximum Gasteiger partial charge on any atom is 0.341 e. The van der Waals surface area contributed by atoms with Crippen LogP contribution in [0.5, 0.6) is 5.75 Å². The second kappa shape index (κ2) is 7.44. The summed E-state index contributed by atoms with van der Waals surface area (Å²) >= 11 is 0. The minimum atomic E-state index is -4.05. The van der Waals surface area contributed by atoms with E-state index < -0.39 is 21.7 Å². The number of aromatic hydroxyl groups is 1. The summed E-state index contributed by atoms with van der Waals surface area (Å²) in [5.41, 5.74) is 0.230. The van der Waals surface area contributed by atoms with Crippen molar-refractivity contribution in [2.75, 3.05) is 25.9 Å². The fourth-order valence-corrected chi connectivity index (χ4v) is 3.22. The Bertz CT molecular complexity index is 953. The summed E-state index contributed by atoms with van der Waals surface area (Å²) in [6.45, 7) is 0. The molecular weight excluding hydrogens is 360 g/mol. The Morgan fingerprint density at radius 3 is 2.42 bits per heavy atom. The number of nitrogens with one attached hydrogen (secondary N) is 1. The van der Waals surface area contributed by atoms with Crippen molar-refractivity contribution in [3.63, 3.8) is 0 Å². The highest BCUT2D eigenvalue weighted by atomic mass is 32.2. The third-order valence-corrected chi connectivity index (χ3v) is 4.83. The highest BCUT2D eigenvalue weighted by molar-refractivity contribution is 7.92. The number of esters is 1. The lowest BCUT2D eigenvalue weighted by Crippen LogP contribution is -2.22. The van der Waals surface area contributed by atoms with Crippen LogP contribution in [0.4, 0.5) is 5.69 Å². The highest BCUT2D eigenvalue weighted by Crippen LogP contribution is 2.24. The first-order valence-corrected chi connectivity index (χ1v) is 8.90. The van der Waals surface area contributed by atoms with Crippen molar-refractivity contribution in [1.82, 2.24) is 4.90 Å². The Morgan fingerprint density at radius 2 is 1.81 bits per heavy atom. The second-order valence-electron chi connectivity index (χ2n) is 5.56. The molecule has 2 aromatic rings. The van der Waals surface area contributed by atoms with Crippen molar-refractivity contribution in [2.45, 2.75) is 4.90 Å². The summed E-state index contributed by atoms with van der Waals surface area (Å²) in [6, 6.07) is 9.26. The molecule has 0 heterocycles. The van der Waals surface area contributed by atoms with Gasteiger partial charge in [-0.25, -0.2) is 13.2 Å². The molecule has 8 nitrogen and oxygen atoms in total. The maximum atomic E-state index is 12.6. The van der Waals surface area contributed by atoms with E-state index in [1.54, 1.807) is 26.2 Å². The number of sulfonamides is 1. The molecule has 0 aliphatic rings. The van der Waals surface area contributed by atoms with Crippen LogP contribution >= 0.6 is 0 Å². The predicted molar refractivity (Wildman–Crippen MR) is 94.7 cm³/mol. The van der Waals surface area contributed by atoms with E-state index in [0.717, 1.165) is 25.3 Å². The lowest BCUT2D eigenvalue weighted by atomic mass is 10.2. The number of methoxy groups -OCH3 is 1. The molecule has 0 aliphatic heterocycles. The van der Waals surface area contributed by atoms with Gasteiger partial charge in [-0.05, 0) is 36.4 Å². The number of carbonyl (C=O) groups is 2. The number of amides is 1. The number of hydrogen-bond acceptors (Lipinski definition) is 6. The molecule has 1 amide bonds. The number of anilines is 1. The molecular formula is C17H18N2O6S. The number of rotatable bonds is 5. The summed E-state index contributed by atoms with van der Waals surface area (Å²) in [5.74, 6) is -1.53. The normalized spacial score (nSPS) is 10.9. The van der Waals surface area contributed by atoms with Crippen LogP contribution in [0, 0.1) is 0 Å². The van der Waals surface area contributed by atoms with Gasteiger partial charge in [-0.1, -0.05) is 6.07 Å². The Kier molecular flexibility index (Phi) is 5.51. The van der Waals surface area contributed by atoms with E-state index in [1.165, 1.54) is 17.0 Å². The molecule has 0 saturated heterocycles. The van der Waals surface area contributed by atoms with Crippen molar-refractivity contribution in [3.8, 4) is 5.75 Å². The first-order valence-electron chi connectivity index (χ1n) is 7.41. The number of phenolic OH excluding ortho intramolecular Hbond substituents is 1. The third kappa shape index (κ3) is 4.12. The fraction of sp³-hybridized carbons (Fsp3) is 0.176. The molecule has 0 fully saturated rings. The maximum absolute atomic E-state index is 12.6. The van der Waals surface area contributed by atoms with E-state index in [0.29, 0.717) is 5.56 Å². The van der Waals surface area contributed by atoms with Gasteiger partial charge in [0.1, 0.15) is 11.3 Å². The minimum Gasteiger partial charge on any atom is -0.507 e. The summed E-state index contributed by atoms with van der Waals surface area (Å²) < 4.78 is 32.0. The van der Waals surface area contributed by atoms with Crippen molar-refractivity contribution in [1.29, 1.82) is 0 Å². The summed E-state index contributed by atoms with van der Waals surface area (Å²) in [6.07, 6.45) is 0. The highest BCUT2D eigenvalue weighted by Gasteiger charge is 2.20. The largest absolute Gasteiger partial charge is 0.507 e. The van der Waals surface area contributed by atoms with Crippen LogP contribution in [0.1, 0.15) is 20.7 Å². The van der Waals surface area contributed by atoms with E-state index in [2.05, 4.69) is 9.46 Å². The zero-order valence-electron chi connectivity index (χ0n) is 14.4. The van der Waals surface area contributed by atoms with Gasteiger partial charge in [0.2, 0.25) is 0 Å². The monoisotopic (exact) mass is 378 g/mol. The van der Waals surface area contributed by atoms with Gasteiger partial charge in [-0.3, -0.25) is 9.52 Å². The van der Waals surface area contributed by atoms with Crippen LogP contribution in [0.15, 0.2) is 47.4 Å². The Hall–Kier alpha value is -3.07. The average molecular weight is 378 g/mol. The molecule has 0 unspecified atom stereocenters. The number of carbonyl (C=O) groups excluding carboxylic acids is 2. The first-order chi connectivity index (χ1) is 12.2. The SMILES string of the molecule is COC(=O)c1cc(S(=O)(=O)Nc2cccc(C(=O)N(C)C)c2)ccc1O. The van der Waals surface area contributed by atoms with E-state index >= 15 is 0 Å². The quantitative estimate of drug-likeness (QED) is 0.766. The van der Waals surface area contributed by atoms with E-state index in [-0.39, 0.29) is 22.1 Å². The van der Waals surface area contributed by atoms with E-state index in [4.69, 9.17) is 0 Å². The van der Waals surface area contributed by atoms with E-state index in [9.17, 15) is 23.1 Å². The van der Waals surface area contributed by atoms with Gasteiger partial charge in [0.15, 0.2) is 0 Å². The van der Waals surface area contributed by atoms with Crippen molar-refractivity contribution in [3.05, 3.63) is 53.6 Å². The van der Waals surface area contributed by atoms with Crippen LogP contribution in [0.2, 0.25) is 0 Å². The molecule has 2 rings (SSSR count). The van der Waals surface area contributed by atoms with Crippen LogP contribution in [0.25, 0.3) is 0 Å². The molecule has 9 heteroatoms. The van der Waals surface area contributed by atoms with Crippen LogP contribution in [0.3, 0.4) is 0 Å². The van der Waals surface area contributed by atoms with Crippen molar-refractivity contribution < 1.29 is 27.9 Å². The van der Waals surface area contributed by atoms with Gasteiger partial charge in [-0.15, -0.1) is 0 Å². The molecule has 0 saturated carbocycles. The standard InChI is InChI=1S/C17H18N2O6S/c1-19(2)16(21)11-5-4-6-12(9-11)18-26(23,24)13-7-8-15(20)14(10-13)17(22)25-3/h4-10,18,20H,1-3H3. The van der Waals surface area contributed by atoms with E-state index in [1.807, 2.05) is 0 Å². The van der Waals surface area contributed by atoms with Gasteiger partial charge < -0.3 is 14.7 Å². The van der Waals surface area contributed by atoms with Gasteiger partial charge >= 0.3 is 5.97 Å². The second-order valence-corrected chi connectivity index (χ2v) is 7.24. The molecule has 0 bridgehead atoms. The average Bonchev–Trinajstić information content (AvgIpc) is 2.60. The summed E-state index contributed by atoms with van der Waals surface area (Å²) in [5, 5.41) is 9.68. The van der Waals surface area contributed by atoms with Crippen LogP contribution < -0.4 is 4.72 Å². The smallest absolute Gasteiger partial charge is 0.341 e. The Morgan fingerprint density at radius 1 is 1.12 bits per heavy atom. The first kappa shape index (κ1) is 19.3. The minimum absolute atomic E-state index is 0.186. The molecule has 138 valence electrons. The molecule has 2 N–H and O–H groups in total. The molecule has 2 aromatic carbocycles. The number of phenols is 1. The lowest BCUT2D eigenvalue weighted by molar-refractivity contribution is 0.0597.